The molecule has 4 N–H and O–H groups in total. The highest BCUT2D eigenvalue weighted by Gasteiger charge is 2.34. The molecule has 1 unspecified atom stereocenters. The standard InChI is InChI=1S/C25H32F2N8O.ClH/c1-17-13-33(22-9-20(26)8-21(27)10-22)7-6-32(17)5-3-4-19-12-31-35(18(19)2)25(28)11-24(29-16-30-25)34-14-23(36)15-34;/h3-4,8-12,16-17,23,36H,5-7,13-15,28H2,1-2H3,(H,29,30);1H/t17-,25?;/m0./s1. The van der Waals surface area contributed by atoms with Crippen molar-refractivity contribution in [2.24, 2.45) is 10.7 Å². The third-order valence-electron chi connectivity index (χ3n) is 7.04. The van der Waals surface area contributed by atoms with E-state index in [1.165, 1.54) is 12.1 Å². The summed E-state index contributed by atoms with van der Waals surface area (Å²) in [6.07, 6.45) is 8.98. The number of nitrogens with zero attached hydrogens (tertiary/aromatic N) is 6. The van der Waals surface area contributed by atoms with Crippen molar-refractivity contribution in [2.45, 2.75) is 31.8 Å². The smallest absolute Gasteiger partial charge is 0.208 e. The van der Waals surface area contributed by atoms with Crippen LogP contribution < -0.4 is 16.0 Å². The first kappa shape index (κ1) is 27.1. The first-order chi connectivity index (χ1) is 17.2. The molecule has 5 rings (SSSR count). The van der Waals surface area contributed by atoms with Crippen molar-refractivity contribution >= 4 is 30.5 Å². The quantitative estimate of drug-likeness (QED) is 0.520. The van der Waals surface area contributed by atoms with Crippen molar-refractivity contribution in [3.63, 3.8) is 0 Å². The van der Waals surface area contributed by atoms with E-state index in [1.807, 2.05) is 28.9 Å². The molecule has 37 heavy (non-hydrogen) atoms. The summed E-state index contributed by atoms with van der Waals surface area (Å²) in [5.41, 5.74) is 9.07. The Bertz CT molecular complexity index is 1190. The van der Waals surface area contributed by atoms with Crippen molar-refractivity contribution in [1.29, 1.82) is 0 Å². The lowest BCUT2D eigenvalue weighted by Crippen LogP contribution is -2.58. The Morgan fingerprint density at radius 1 is 1.16 bits per heavy atom. The van der Waals surface area contributed by atoms with E-state index in [1.54, 1.807) is 17.2 Å². The maximum absolute atomic E-state index is 13.6. The van der Waals surface area contributed by atoms with Crippen LogP contribution >= 0.6 is 12.4 Å². The van der Waals surface area contributed by atoms with E-state index in [0.717, 1.165) is 30.4 Å². The molecule has 1 aromatic carbocycles. The topological polar surface area (TPSA) is 98.2 Å². The minimum absolute atomic E-state index is 0. The SMILES string of the molecule is Cc1c(C=CCN2CCN(c3cc(F)cc(F)c3)C[C@@H]2C)cnn1C1(N)C=C(N2CC(O)C2)N=CN1.Cl. The number of rotatable bonds is 6. The first-order valence-electron chi connectivity index (χ1n) is 12.1. The Morgan fingerprint density at radius 2 is 1.89 bits per heavy atom. The monoisotopic (exact) mass is 534 g/mol. The fourth-order valence-corrected chi connectivity index (χ4v) is 4.91. The van der Waals surface area contributed by atoms with Crippen molar-refractivity contribution in [2.75, 3.05) is 44.2 Å². The molecule has 0 radical (unpaired) electrons. The van der Waals surface area contributed by atoms with Crippen LogP contribution in [0, 0.1) is 18.6 Å². The van der Waals surface area contributed by atoms with E-state index in [9.17, 15) is 13.9 Å². The minimum atomic E-state index is -1.06. The molecule has 3 aliphatic rings. The van der Waals surface area contributed by atoms with Crippen LogP contribution in [-0.4, -0.2) is 82.4 Å². The molecule has 2 aromatic rings. The van der Waals surface area contributed by atoms with Crippen molar-refractivity contribution in [1.82, 2.24) is 24.9 Å². The second kappa shape index (κ2) is 10.8. The van der Waals surface area contributed by atoms with Gasteiger partial charge < -0.3 is 20.2 Å². The van der Waals surface area contributed by atoms with Gasteiger partial charge in [-0.05, 0) is 26.0 Å². The number of nitrogens with two attached hydrogens (primary N) is 1. The van der Waals surface area contributed by atoms with Crippen LogP contribution in [-0.2, 0) is 5.79 Å². The Balaban J connectivity index is 0.00000320. The molecule has 12 heteroatoms. The van der Waals surface area contributed by atoms with Crippen molar-refractivity contribution in [3.05, 3.63) is 65.3 Å². The second-order valence-electron chi connectivity index (χ2n) is 9.71. The Hall–Kier alpha value is -2.99. The second-order valence-corrected chi connectivity index (χ2v) is 9.71. The Morgan fingerprint density at radius 3 is 2.57 bits per heavy atom. The summed E-state index contributed by atoms with van der Waals surface area (Å²) in [5, 5.41) is 17.2. The normalized spacial score (nSPS) is 24.6. The Kier molecular flexibility index (Phi) is 7.88. The van der Waals surface area contributed by atoms with Crippen LogP contribution in [0.5, 0.6) is 0 Å². The molecule has 1 aromatic heterocycles. The molecular weight excluding hydrogens is 502 g/mol. The van der Waals surface area contributed by atoms with Gasteiger partial charge in [-0.2, -0.15) is 5.10 Å². The maximum atomic E-state index is 13.6. The van der Waals surface area contributed by atoms with Gasteiger partial charge in [0.05, 0.1) is 18.6 Å². The van der Waals surface area contributed by atoms with Gasteiger partial charge in [-0.3, -0.25) is 10.6 Å². The van der Waals surface area contributed by atoms with Crippen molar-refractivity contribution in [3.8, 4) is 0 Å². The van der Waals surface area contributed by atoms with E-state index in [0.29, 0.717) is 37.7 Å². The molecule has 2 fully saturated rings. The summed E-state index contributed by atoms with van der Waals surface area (Å²) in [6, 6.07) is 3.89. The van der Waals surface area contributed by atoms with Gasteiger partial charge in [0.1, 0.15) is 17.5 Å². The highest BCUT2D eigenvalue weighted by atomic mass is 35.5. The van der Waals surface area contributed by atoms with E-state index >= 15 is 0 Å². The lowest BCUT2D eigenvalue weighted by atomic mass is 10.1. The van der Waals surface area contributed by atoms with Gasteiger partial charge in [0.2, 0.25) is 5.79 Å². The van der Waals surface area contributed by atoms with Crippen LogP contribution in [0.3, 0.4) is 0 Å². The fourth-order valence-electron chi connectivity index (χ4n) is 4.91. The summed E-state index contributed by atoms with van der Waals surface area (Å²) in [6.45, 7) is 8.09. The lowest BCUT2D eigenvalue weighted by molar-refractivity contribution is 0.0223. The first-order valence-corrected chi connectivity index (χ1v) is 12.1. The van der Waals surface area contributed by atoms with Gasteiger partial charge in [-0.15, -0.1) is 12.4 Å². The van der Waals surface area contributed by atoms with Gasteiger partial charge in [-0.1, -0.05) is 12.2 Å². The summed E-state index contributed by atoms with van der Waals surface area (Å²) in [5.74, 6) is -1.46. The summed E-state index contributed by atoms with van der Waals surface area (Å²) >= 11 is 0. The molecule has 0 saturated carbocycles. The predicted octanol–water partition coefficient (Wildman–Crippen LogP) is 1.83. The van der Waals surface area contributed by atoms with Gasteiger partial charge in [-0.25, -0.2) is 18.5 Å². The van der Waals surface area contributed by atoms with Crippen LogP contribution in [0.15, 0.2) is 47.4 Å². The molecule has 0 amide bonds. The minimum Gasteiger partial charge on any atom is -0.389 e. The van der Waals surface area contributed by atoms with Crippen LogP contribution in [0.1, 0.15) is 18.2 Å². The average Bonchev–Trinajstić information content (AvgIpc) is 3.18. The number of piperazine rings is 1. The third kappa shape index (κ3) is 5.64. The predicted molar refractivity (Wildman–Crippen MR) is 142 cm³/mol. The molecule has 2 saturated heterocycles. The summed E-state index contributed by atoms with van der Waals surface area (Å²) in [7, 11) is 0. The molecule has 2 atom stereocenters. The molecular formula is C25H33ClF2N8O. The van der Waals surface area contributed by atoms with E-state index in [-0.39, 0.29) is 24.6 Å². The van der Waals surface area contributed by atoms with E-state index in [2.05, 4.69) is 33.3 Å². The molecule has 0 spiro atoms. The Labute approximate surface area is 221 Å². The number of aliphatic hydroxyl groups excluding tert-OH is 1. The number of halogens is 3. The number of β-amino-alcohol motifs (C(OH)–C–C–N with tert-alkyl or cyclic N) is 1. The highest BCUT2D eigenvalue weighted by molar-refractivity contribution is 5.85. The number of aliphatic imine (C=N–C) groups is 1. The maximum Gasteiger partial charge on any atom is 0.208 e. The van der Waals surface area contributed by atoms with E-state index in [4.69, 9.17) is 5.73 Å². The van der Waals surface area contributed by atoms with Gasteiger partial charge in [0.15, 0.2) is 0 Å². The summed E-state index contributed by atoms with van der Waals surface area (Å²) < 4.78 is 29.0. The van der Waals surface area contributed by atoms with Gasteiger partial charge >= 0.3 is 0 Å². The number of hydrogen-bond acceptors (Lipinski definition) is 8. The highest BCUT2D eigenvalue weighted by Crippen LogP contribution is 2.25. The molecule has 9 nitrogen and oxygen atoms in total. The molecule has 200 valence electrons. The number of benzene rings is 1. The number of anilines is 1. The molecule has 3 aliphatic heterocycles. The molecule has 4 heterocycles. The number of nitrogens with one attached hydrogen (secondary N) is 1. The van der Waals surface area contributed by atoms with Gasteiger partial charge in [0.25, 0.3) is 0 Å². The number of hydrogen-bond donors (Lipinski definition) is 3. The average molecular weight is 535 g/mol. The summed E-state index contributed by atoms with van der Waals surface area (Å²) in [4.78, 5) is 10.7. The fraction of sp³-hybridized carbons (Fsp3) is 0.440. The zero-order valence-corrected chi connectivity index (χ0v) is 21.7. The molecule has 0 aliphatic carbocycles. The zero-order chi connectivity index (χ0) is 25.4. The van der Waals surface area contributed by atoms with Crippen LogP contribution in [0.25, 0.3) is 6.08 Å². The van der Waals surface area contributed by atoms with Gasteiger partial charge in [0, 0.05) is 74.4 Å². The number of aliphatic hydroxyl groups is 1. The van der Waals surface area contributed by atoms with Crippen LogP contribution in [0.2, 0.25) is 0 Å². The van der Waals surface area contributed by atoms with E-state index < -0.39 is 17.4 Å². The number of likely N-dealkylation sites (tertiary alicyclic amines) is 1. The zero-order valence-electron chi connectivity index (χ0n) is 20.9. The van der Waals surface area contributed by atoms with Crippen LogP contribution in [0.4, 0.5) is 14.5 Å². The third-order valence-corrected chi connectivity index (χ3v) is 7.04. The number of aromatic nitrogens is 2. The molecule has 0 bridgehead atoms. The lowest BCUT2D eigenvalue weighted by Gasteiger charge is -2.40. The van der Waals surface area contributed by atoms with Crippen molar-refractivity contribution < 1.29 is 13.9 Å². The largest absolute Gasteiger partial charge is 0.389 e.